The van der Waals surface area contributed by atoms with Crippen LogP contribution in [0.1, 0.15) is 0 Å². The Morgan fingerprint density at radius 3 is 2.80 bits per heavy atom. The number of nitrogens with two attached hydrogens (primary N) is 1. The third kappa shape index (κ3) is 1.48. The maximum atomic E-state index is 10.9. The zero-order valence-electron chi connectivity index (χ0n) is 7.77. The average Bonchev–Trinajstić information content (AvgIpc) is 2.61. The lowest BCUT2D eigenvalue weighted by Crippen LogP contribution is -2.31. The van der Waals surface area contributed by atoms with Crippen LogP contribution < -0.4 is 10.6 Å². The fourth-order valence-corrected chi connectivity index (χ4v) is 1.40. The number of rotatable bonds is 1. The third-order valence-corrected chi connectivity index (χ3v) is 2.08. The summed E-state index contributed by atoms with van der Waals surface area (Å²) in [6.07, 6.45) is 1.71. The van der Waals surface area contributed by atoms with Crippen molar-refractivity contribution in [1.29, 1.82) is 5.26 Å². The van der Waals surface area contributed by atoms with Crippen LogP contribution in [0.25, 0.3) is 10.9 Å². The monoisotopic (exact) mass is 200 g/mol. The standard InChI is InChI=1S/C10H8N4O/c11-6-14(10(12)15)9-5-7-3-1-2-4-8(7)13-9/h1-5,13H,(H2,12,15). The smallest absolute Gasteiger partial charge is 0.333 e. The number of H-pyrrole nitrogens is 1. The maximum Gasteiger partial charge on any atom is 0.333 e. The normalized spacial score (nSPS) is 9.80. The van der Waals surface area contributed by atoms with Gasteiger partial charge in [-0.1, -0.05) is 18.2 Å². The molecule has 0 aliphatic carbocycles. The molecule has 0 aliphatic heterocycles. The number of primary amides is 1. The van der Waals surface area contributed by atoms with Gasteiger partial charge in [0.15, 0.2) is 6.19 Å². The van der Waals surface area contributed by atoms with Gasteiger partial charge in [-0.2, -0.15) is 10.2 Å². The summed E-state index contributed by atoms with van der Waals surface area (Å²) >= 11 is 0. The molecule has 2 aromatic rings. The minimum Gasteiger partial charge on any atom is -0.350 e. The molecule has 3 N–H and O–H groups in total. The zero-order valence-corrected chi connectivity index (χ0v) is 7.77. The van der Waals surface area contributed by atoms with Gasteiger partial charge in [-0.15, -0.1) is 0 Å². The second kappa shape index (κ2) is 3.35. The molecule has 1 aromatic heterocycles. The molecule has 0 radical (unpaired) electrons. The molecule has 2 amide bonds. The van der Waals surface area contributed by atoms with Crippen molar-refractivity contribution in [3.8, 4) is 6.19 Å². The van der Waals surface area contributed by atoms with Gasteiger partial charge in [-0.25, -0.2) is 4.79 Å². The molecule has 0 spiro atoms. The van der Waals surface area contributed by atoms with E-state index in [9.17, 15) is 4.79 Å². The van der Waals surface area contributed by atoms with E-state index in [1.54, 1.807) is 12.3 Å². The number of benzene rings is 1. The summed E-state index contributed by atoms with van der Waals surface area (Å²) in [5.41, 5.74) is 5.90. The summed E-state index contributed by atoms with van der Waals surface area (Å²) in [6, 6.07) is 8.37. The molecular formula is C10H8N4O. The predicted molar refractivity (Wildman–Crippen MR) is 56.0 cm³/mol. The van der Waals surface area contributed by atoms with E-state index in [0.717, 1.165) is 15.8 Å². The van der Waals surface area contributed by atoms with E-state index in [1.165, 1.54) is 0 Å². The molecule has 5 nitrogen and oxygen atoms in total. The number of carbonyl (C=O) groups excluding carboxylic acids is 1. The molecule has 0 atom stereocenters. The van der Waals surface area contributed by atoms with Gasteiger partial charge in [0.1, 0.15) is 5.82 Å². The van der Waals surface area contributed by atoms with Crippen LogP contribution in [0.4, 0.5) is 10.6 Å². The van der Waals surface area contributed by atoms with E-state index in [4.69, 9.17) is 11.0 Å². The minimum atomic E-state index is -0.802. The van der Waals surface area contributed by atoms with Crippen molar-refractivity contribution < 1.29 is 4.79 Å². The number of hydrogen-bond acceptors (Lipinski definition) is 2. The van der Waals surface area contributed by atoms with E-state index in [1.807, 2.05) is 24.3 Å². The van der Waals surface area contributed by atoms with Gasteiger partial charge in [-0.3, -0.25) is 0 Å². The number of carbonyl (C=O) groups is 1. The van der Waals surface area contributed by atoms with Gasteiger partial charge >= 0.3 is 6.03 Å². The number of fused-ring (bicyclic) bond motifs is 1. The predicted octanol–water partition coefficient (Wildman–Crippen LogP) is 1.53. The van der Waals surface area contributed by atoms with E-state index in [0.29, 0.717) is 5.82 Å². The number of nitrogens with one attached hydrogen (secondary N) is 1. The molecule has 74 valence electrons. The Bertz CT molecular complexity index is 519. The molecule has 0 saturated carbocycles. The first-order valence-electron chi connectivity index (χ1n) is 4.29. The van der Waals surface area contributed by atoms with Crippen LogP contribution in [0.15, 0.2) is 30.3 Å². The highest BCUT2D eigenvalue weighted by Gasteiger charge is 2.13. The van der Waals surface area contributed by atoms with Gasteiger partial charge in [0.2, 0.25) is 0 Å². The minimum absolute atomic E-state index is 0.381. The molecule has 0 bridgehead atoms. The van der Waals surface area contributed by atoms with Gasteiger partial charge in [0, 0.05) is 10.9 Å². The van der Waals surface area contributed by atoms with Crippen molar-refractivity contribution in [1.82, 2.24) is 4.98 Å². The van der Waals surface area contributed by atoms with Crippen molar-refractivity contribution in [2.75, 3.05) is 4.90 Å². The summed E-state index contributed by atoms with van der Waals surface area (Å²) in [5.74, 6) is 0.381. The number of hydrogen-bond donors (Lipinski definition) is 2. The lowest BCUT2D eigenvalue weighted by Gasteiger charge is -2.06. The fourth-order valence-electron chi connectivity index (χ4n) is 1.40. The van der Waals surface area contributed by atoms with Crippen LogP contribution in [-0.2, 0) is 0 Å². The second-order valence-corrected chi connectivity index (χ2v) is 3.02. The second-order valence-electron chi connectivity index (χ2n) is 3.02. The molecule has 1 heterocycles. The average molecular weight is 200 g/mol. The lowest BCUT2D eigenvalue weighted by atomic mass is 10.2. The molecule has 0 saturated heterocycles. The number of urea groups is 1. The summed E-state index contributed by atoms with van der Waals surface area (Å²) in [4.78, 5) is 14.6. The summed E-state index contributed by atoms with van der Waals surface area (Å²) in [5, 5.41) is 9.66. The van der Waals surface area contributed by atoms with E-state index < -0.39 is 6.03 Å². The Kier molecular flexibility index (Phi) is 2.03. The number of aromatic amines is 1. The van der Waals surface area contributed by atoms with Crippen LogP contribution >= 0.6 is 0 Å². The summed E-state index contributed by atoms with van der Waals surface area (Å²) < 4.78 is 0. The van der Waals surface area contributed by atoms with Crippen LogP contribution in [0.3, 0.4) is 0 Å². The van der Waals surface area contributed by atoms with Gasteiger partial charge in [0.25, 0.3) is 0 Å². The van der Waals surface area contributed by atoms with E-state index in [-0.39, 0.29) is 0 Å². The topological polar surface area (TPSA) is 85.9 Å². The Labute approximate surface area is 85.7 Å². The maximum absolute atomic E-state index is 10.9. The molecule has 0 aliphatic rings. The number of nitrogens with zero attached hydrogens (tertiary/aromatic N) is 2. The molecule has 5 heteroatoms. The van der Waals surface area contributed by atoms with Crippen LogP contribution in [-0.4, -0.2) is 11.0 Å². The fraction of sp³-hybridized carbons (Fsp3) is 0. The highest BCUT2D eigenvalue weighted by atomic mass is 16.2. The molecule has 15 heavy (non-hydrogen) atoms. The Hall–Kier alpha value is -2.48. The molecule has 1 aromatic carbocycles. The largest absolute Gasteiger partial charge is 0.350 e. The van der Waals surface area contributed by atoms with Crippen molar-refractivity contribution >= 4 is 22.8 Å². The molecule has 2 rings (SSSR count). The third-order valence-electron chi connectivity index (χ3n) is 2.08. The van der Waals surface area contributed by atoms with Crippen molar-refractivity contribution in [3.63, 3.8) is 0 Å². The van der Waals surface area contributed by atoms with Crippen molar-refractivity contribution in [2.24, 2.45) is 5.73 Å². The first kappa shape index (κ1) is 9.09. The number of para-hydroxylation sites is 1. The number of nitriles is 1. The van der Waals surface area contributed by atoms with E-state index >= 15 is 0 Å². The SMILES string of the molecule is N#CN(C(N)=O)c1cc2ccccc2[nH]1. The zero-order chi connectivity index (χ0) is 10.8. The van der Waals surface area contributed by atoms with Gasteiger partial charge in [0.05, 0.1) is 0 Å². The molecule has 0 unspecified atom stereocenters. The van der Waals surface area contributed by atoms with Crippen molar-refractivity contribution in [2.45, 2.75) is 0 Å². The van der Waals surface area contributed by atoms with Crippen LogP contribution in [0.5, 0.6) is 0 Å². The van der Waals surface area contributed by atoms with Gasteiger partial charge in [-0.05, 0) is 12.1 Å². The Balaban J connectivity index is 2.53. The molecular weight excluding hydrogens is 192 g/mol. The quantitative estimate of drug-likeness (QED) is 0.540. The lowest BCUT2D eigenvalue weighted by molar-refractivity contribution is 0.256. The Morgan fingerprint density at radius 2 is 2.20 bits per heavy atom. The number of aromatic nitrogens is 1. The Morgan fingerprint density at radius 1 is 1.47 bits per heavy atom. The van der Waals surface area contributed by atoms with E-state index in [2.05, 4.69) is 4.98 Å². The summed E-state index contributed by atoms with van der Waals surface area (Å²) in [7, 11) is 0. The van der Waals surface area contributed by atoms with Crippen LogP contribution in [0.2, 0.25) is 0 Å². The number of anilines is 1. The molecule has 0 fully saturated rings. The van der Waals surface area contributed by atoms with Crippen LogP contribution in [0, 0.1) is 11.5 Å². The van der Waals surface area contributed by atoms with Crippen molar-refractivity contribution in [3.05, 3.63) is 30.3 Å². The first-order chi connectivity index (χ1) is 7.22. The summed E-state index contributed by atoms with van der Waals surface area (Å²) in [6.45, 7) is 0. The first-order valence-corrected chi connectivity index (χ1v) is 4.29. The number of amides is 2. The highest BCUT2D eigenvalue weighted by molar-refractivity contribution is 5.96. The van der Waals surface area contributed by atoms with Gasteiger partial charge < -0.3 is 10.7 Å². The highest BCUT2D eigenvalue weighted by Crippen LogP contribution is 2.20.